The summed E-state index contributed by atoms with van der Waals surface area (Å²) in [7, 11) is 0. The first-order valence-electron chi connectivity index (χ1n) is 10.5. The molecule has 1 aromatic heterocycles. The predicted molar refractivity (Wildman–Crippen MR) is 129 cm³/mol. The largest absolute Gasteiger partial charge is 0.469 e. The van der Waals surface area contributed by atoms with Crippen LogP contribution in [0.15, 0.2) is 27.8 Å². The Labute approximate surface area is 197 Å². The maximum absolute atomic E-state index is 12.3. The van der Waals surface area contributed by atoms with Crippen molar-refractivity contribution in [3.05, 3.63) is 24.2 Å². The molecule has 1 aromatic rings. The Morgan fingerprint density at radius 2 is 2.20 bits per heavy atom. The van der Waals surface area contributed by atoms with Gasteiger partial charge in [-0.25, -0.2) is 4.79 Å². The third kappa shape index (κ3) is 10.5. The number of amides is 1. The predicted octanol–water partition coefficient (Wildman–Crippen LogP) is 3.41. The van der Waals surface area contributed by atoms with E-state index in [1.54, 1.807) is 11.2 Å². The van der Waals surface area contributed by atoms with Crippen LogP contribution in [0.3, 0.4) is 0 Å². The second-order valence-electron chi connectivity index (χ2n) is 8.09. The number of ether oxygens (including phenoxy) is 2. The average molecular weight is 536 g/mol. The molecule has 1 aliphatic rings. The lowest BCUT2D eigenvalue weighted by molar-refractivity contribution is 0.0292. The summed E-state index contributed by atoms with van der Waals surface area (Å²) in [6.45, 7) is 11.7. The number of nitrogens with one attached hydrogen (secondary N) is 2. The van der Waals surface area contributed by atoms with Gasteiger partial charge in [-0.3, -0.25) is 4.99 Å². The smallest absolute Gasteiger partial charge is 0.410 e. The topological polar surface area (TPSA) is 88.3 Å². The normalized spacial score (nSPS) is 16.9. The van der Waals surface area contributed by atoms with Crippen molar-refractivity contribution in [3.8, 4) is 0 Å². The quantitative estimate of drug-likeness (QED) is 0.218. The van der Waals surface area contributed by atoms with E-state index in [1.165, 1.54) is 0 Å². The molecule has 1 unspecified atom stereocenters. The summed E-state index contributed by atoms with van der Waals surface area (Å²) in [5.41, 5.74) is -0.483. The second-order valence-corrected chi connectivity index (χ2v) is 8.09. The van der Waals surface area contributed by atoms with E-state index < -0.39 is 5.60 Å². The first-order chi connectivity index (χ1) is 13.9. The number of hydrogen-bond acceptors (Lipinski definition) is 5. The molecule has 1 atom stereocenters. The molecule has 2 rings (SSSR count). The number of hydrogen-bond donors (Lipinski definition) is 2. The van der Waals surface area contributed by atoms with E-state index in [4.69, 9.17) is 13.9 Å². The van der Waals surface area contributed by atoms with Gasteiger partial charge in [0.15, 0.2) is 5.96 Å². The minimum absolute atomic E-state index is 0. The molecule has 0 radical (unpaired) electrons. The van der Waals surface area contributed by atoms with Crippen molar-refractivity contribution < 1.29 is 18.7 Å². The lowest BCUT2D eigenvalue weighted by Gasteiger charge is -2.24. The molecule has 0 aliphatic carbocycles. The zero-order valence-corrected chi connectivity index (χ0v) is 20.9. The Balaban J connectivity index is 0.00000450. The molecule has 2 heterocycles. The minimum atomic E-state index is -0.483. The molecule has 0 spiro atoms. The summed E-state index contributed by atoms with van der Waals surface area (Å²) in [4.78, 5) is 18.7. The van der Waals surface area contributed by atoms with Gasteiger partial charge >= 0.3 is 6.09 Å². The molecule has 2 N–H and O–H groups in total. The highest BCUT2D eigenvalue weighted by Crippen LogP contribution is 2.15. The SMILES string of the molecule is CCOCCCN=C(NCCc1ccco1)NC1CCN(C(=O)OC(C)(C)C)C1.I. The summed E-state index contributed by atoms with van der Waals surface area (Å²) in [5.74, 6) is 1.69. The number of halogens is 1. The number of likely N-dealkylation sites (tertiary alicyclic amines) is 1. The van der Waals surface area contributed by atoms with Gasteiger partial charge in [-0.05, 0) is 52.7 Å². The van der Waals surface area contributed by atoms with Crippen molar-refractivity contribution in [2.24, 2.45) is 4.99 Å². The third-order valence-electron chi connectivity index (χ3n) is 4.35. The number of nitrogens with zero attached hydrogens (tertiary/aromatic N) is 2. The van der Waals surface area contributed by atoms with E-state index in [9.17, 15) is 4.79 Å². The van der Waals surface area contributed by atoms with E-state index in [0.29, 0.717) is 32.8 Å². The molecule has 8 nitrogen and oxygen atoms in total. The van der Waals surface area contributed by atoms with Crippen LogP contribution < -0.4 is 10.6 Å². The Morgan fingerprint density at radius 1 is 1.40 bits per heavy atom. The summed E-state index contributed by atoms with van der Waals surface area (Å²) in [5, 5.41) is 6.81. The Morgan fingerprint density at radius 3 is 2.87 bits per heavy atom. The van der Waals surface area contributed by atoms with Crippen molar-refractivity contribution >= 4 is 36.0 Å². The molecular weight excluding hydrogens is 499 g/mol. The number of carbonyl (C=O) groups excluding carboxylic acids is 1. The van der Waals surface area contributed by atoms with Crippen LogP contribution in [-0.2, 0) is 15.9 Å². The van der Waals surface area contributed by atoms with Gasteiger partial charge in [0, 0.05) is 51.9 Å². The highest BCUT2D eigenvalue weighted by molar-refractivity contribution is 14.0. The summed E-state index contributed by atoms with van der Waals surface area (Å²) in [6, 6.07) is 3.99. The van der Waals surface area contributed by atoms with Gasteiger partial charge in [-0.2, -0.15) is 0 Å². The number of aliphatic imine (C=N–C) groups is 1. The molecule has 30 heavy (non-hydrogen) atoms. The maximum Gasteiger partial charge on any atom is 0.410 e. The molecule has 1 fully saturated rings. The standard InChI is InChI=1S/C21H36N4O4.HI/c1-5-27-14-7-11-22-19(23-12-9-18-8-6-15-28-18)24-17-10-13-25(16-17)20(26)29-21(2,3)4;/h6,8,15,17H,5,7,9-14,16H2,1-4H3,(H2,22,23,24);1H. The Kier molecular flexibility index (Phi) is 12.2. The molecule has 1 aliphatic heterocycles. The van der Waals surface area contributed by atoms with Crippen molar-refractivity contribution in [2.75, 3.05) is 39.4 Å². The van der Waals surface area contributed by atoms with Gasteiger partial charge in [0.2, 0.25) is 0 Å². The molecule has 172 valence electrons. The van der Waals surface area contributed by atoms with Gasteiger partial charge in [-0.1, -0.05) is 0 Å². The van der Waals surface area contributed by atoms with Gasteiger partial charge < -0.3 is 29.4 Å². The van der Waals surface area contributed by atoms with Gasteiger partial charge in [0.1, 0.15) is 11.4 Å². The molecular formula is C21H37IN4O4. The van der Waals surface area contributed by atoms with Crippen LogP contribution in [0.1, 0.15) is 46.3 Å². The van der Waals surface area contributed by atoms with E-state index in [2.05, 4.69) is 15.6 Å². The number of rotatable bonds is 9. The first kappa shape index (κ1) is 26.5. The molecule has 9 heteroatoms. The number of furan rings is 1. The van der Waals surface area contributed by atoms with Crippen LogP contribution in [0, 0.1) is 0 Å². The van der Waals surface area contributed by atoms with Crippen LogP contribution in [0.5, 0.6) is 0 Å². The number of guanidine groups is 1. The molecule has 1 saturated heterocycles. The lowest BCUT2D eigenvalue weighted by Crippen LogP contribution is -2.46. The van der Waals surface area contributed by atoms with Crippen molar-refractivity contribution in [2.45, 2.75) is 58.6 Å². The molecule has 0 bridgehead atoms. The zero-order chi connectivity index (χ0) is 21.1. The highest BCUT2D eigenvalue weighted by atomic mass is 127. The minimum Gasteiger partial charge on any atom is -0.469 e. The molecule has 0 aromatic carbocycles. The average Bonchev–Trinajstić information content (AvgIpc) is 3.32. The zero-order valence-electron chi connectivity index (χ0n) is 18.6. The fourth-order valence-corrected chi connectivity index (χ4v) is 2.98. The van der Waals surface area contributed by atoms with Gasteiger partial charge in [0.25, 0.3) is 0 Å². The third-order valence-corrected chi connectivity index (χ3v) is 4.35. The van der Waals surface area contributed by atoms with Crippen molar-refractivity contribution in [3.63, 3.8) is 0 Å². The fraction of sp³-hybridized carbons (Fsp3) is 0.714. The Bertz CT molecular complexity index is 631. The van der Waals surface area contributed by atoms with Crippen LogP contribution in [-0.4, -0.2) is 68.0 Å². The van der Waals surface area contributed by atoms with E-state index in [1.807, 2.05) is 39.8 Å². The lowest BCUT2D eigenvalue weighted by atomic mass is 10.2. The van der Waals surface area contributed by atoms with Crippen molar-refractivity contribution in [1.82, 2.24) is 15.5 Å². The highest BCUT2D eigenvalue weighted by Gasteiger charge is 2.30. The summed E-state index contributed by atoms with van der Waals surface area (Å²) < 4.78 is 16.2. The van der Waals surface area contributed by atoms with E-state index in [-0.39, 0.29) is 36.1 Å². The van der Waals surface area contributed by atoms with Crippen LogP contribution in [0.25, 0.3) is 0 Å². The molecule has 0 saturated carbocycles. The summed E-state index contributed by atoms with van der Waals surface area (Å²) in [6.07, 6.45) is 3.93. The van der Waals surface area contributed by atoms with Gasteiger partial charge in [0.05, 0.1) is 6.26 Å². The monoisotopic (exact) mass is 536 g/mol. The maximum atomic E-state index is 12.3. The summed E-state index contributed by atoms with van der Waals surface area (Å²) >= 11 is 0. The fourth-order valence-electron chi connectivity index (χ4n) is 2.98. The van der Waals surface area contributed by atoms with E-state index in [0.717, 1.165) is 37.6 Å². The van der Waals surface area contributed by atoms with Gasteiger partial charge in [-0.15, -0.1) is 24.0 Å². The Hall–Kier alpha value is -1.49. The second kappa shape index (κ2) is 13.7. The van der Waals surface area contributed by atoms with Crippen LogP contribution in [0.4, 0.5) is 4.79 Å². The molecule has 1 amide bonds. The van der Waals surface area contributed by atoms with E-state index >= 15 is 0 Å². The van der Waals surface area contributed by atoms with Crippen LogP contribution >= 0.6 is 24.0 Å². The van der Waals surface area contributed by atoms with Crippen LogP contribution in [0.2, 0.25) is 0 Å². The van der Waals surface area contributed by atoms with Crippen molar-refractivity contribution in [1.29, 1.82) is 0 Å². The number of carbonyl (C=O) groups is 1. The first-order valence-corrected chi connectivity index (χ1v) is 10.5.